The van der Waals surface area contributed by atoms with E-state index in [2.05, 4.69) is 185 Å². The molecule has 0 atom stereocenters. The predicted molar refractivity (Wildman–Crippen MR) is 253 cm³/mol. The van der Waals surface area contributed by atoms with Gasteiger partial charge in [-0.2, -0.15) is 0 Å². The number of hydrogen-bond acceptors (Lipinski definition) is 3. The molecule has 0 aliphatic rings. The average Bonchev–Trinajstić information content (AvgIpc) is 3.98. The van der Waals surface area contributed by atoms with E-state index in [0.717, 1.165) is 72.1 Å². The van der Waals surface area contributed by atoms with E-state index in [1.165, 1.54) is 53.9 Å². The fourth-order valence-electron chi connectivity index (χ4n) is 10.3. The van der Waals surface area contributed by atoms with Crippen LogP contribution < -0.4 is 0 Å². The molecule has 5 heteroatoms. The van der Waals surface area contributed by atoms with Gasteiger partial charge >= 0.3 is 0 Å². The van der Waals surface area contributed by atoms with Gasteiger partial charge in [0.2, 0.25) is 5.71 Å². The lowest BCUT2D eigenvalue weighted by molar-refractivity contribution is 0.653. The first-order valence-electron chi connectivity index (χ1n) is 20.8. The van der Waals surface area contributed by atoms with Gasteiger partial charge in [0, 0.05) is 49.0 Å². The Morgan fingerprint density at radius 2 is 0.984 bits per heavy atom. The lowest BCUT2D eigenvalue weighted by Crippen LogP contribution is -2.04. The van der Waals surface area contributed by atoms with Crippen molar-refractivity contribution < 1.29 is 4.42 Å². The molecule has 4 aromatic heterocycles. The molecule has 14 rings (SSSR count). The summed E-state index contributed by atoms with van der Waals surface area (Å²) >= 11 is 0. The number of fused-ring (bicyclic) bond motifs is 18. The lowest BCUT2D eigenvalue weighted by atomic mass is 9.91. The number of aromatic nitrogens is 4. The number of nitrogens with zero attached hydrogens (tertiary/aromatic N) is 4. The summed E-state index contributed by atoms with van der Waals surface area (Å²) in [5, 5.41) is 15.4. The smallest absolute Gasteiger partial charge is 0.247 e. The van der Waals surface area contributed by atoms with Crippen LogP contribution in [0.3, 0.4) is 0 Å². The highest BCUT2D eigenvalue weighted by atomic mass is 16.3. The first-order chi connectivity index (χ1) is 30.3. The number of hydrogen-bond donors (Lipinski definition) is 0. The molecule has 4 heterocycles. The molecule has 0 bridgehead atoms. The van der Waals surface area contributed by atoms with Crippen molar-refractivity contribution in [2.45, 2.75) is 0 Å². The van der Waals surface area contributed by atoms with Gasteiger partial charge in [-0.1, -0.05) is 152 Å². The highest BCUT2D eigenvalue weighted by molar-refractivity contribution is 6.36. The molecule has 14 aromatic rings. The third-order valence-corrected chi connectivity index (χ3v) is 12.9. The summed E-state index contributed by atoms with van der Waals surface area (Å²) in [5.41, 5.74) is 9.22. The van der Waals surface area contributed by atoms with E-state index in [1.54, 1.807) is 0 Å². The zero-order chi connectivity index (χ0) is 39.8. The van der Waals surface area contributed by atoms with Gasteiger partial charge in [0.1, 0.15) is 16.8 Å². The van der Waals surface area contributed by atoms with E-state index in [1.807, 2.05) is 18.2 Å². The Labute approximate surface area is 347 Å². The minimum absolute atomic E-state index is 0.511. The first-order valence-corrected chi connectivity index (χ1v) is 20.8. The second kappa shape index (κ2) is 12.1. The van der Waals surface area contributed by atoms with Crippen molar-refractivity contribution in [3.63, 3.8) is 0 Å². The maximum atomic E-state index is 6.52. The summed E-state index contributed by atoms with van der Waals surface area (Å²) in [7, 11) is 0. The number of rotatable bonds is 3. The molecular formula is C56H32N4O. The quantitative estimate of drug-likeness (QED) is 0.168. The van der Waals surface area contributed by atoms with Crippen molar-refractivity contribution in [1.29, 1.82) is 0 Å². The van der Waals surface area contributed by atoms with Crippen LogP contribution in [0.4, 0.5) is 0 Å². The van der Waals surface area contributed by atoms with Crippen LogP contribution in [-0.4, -0.2) is 19.1 Å². The van der Waals surface area contributed by atoms with Gasteiger partial charge < -0.3 is 8.98 Å². The first kappa shape index (κ1) is 32.7. The minimum Gasteiger partial charge on any atom is -0.436 e. The molecule has 0 saturated carbocycles. The molecule has 61 heavy (non-hydrogen) atoms. The Morgan fingerprint density at radius 3 is 1.80 bits per heavy atom. The Balaban J connectivity index is 1.18. The number of benzene rings is 10. The van der Waals surface area contributed by atoms with Crippen LogP contribution in [0.1, 0.15) is 0 Å². The van der Waals surface area contributed by atoms with Gasteiger partial charge in [0.25, 0.3) is 0 Å². The van der Waals surface area contributed by atoms with Crippen LogP contribution in [0, 0.1) is 0 Å². The predicted octanol–water partition coefficient (Wildman–Crippen LogP) is 14.8. The fraction of sp³-hybridized carbons (Fsp3) is 0. The van der Waals surface area contributed by atoms with Gasteiger partial charge in [-0.15, -0.1) is 0 Å². The molecule has 0 unspecified atom stereocenters. The van der Waals surface area contributed by atoms with Crippen LogP contribution in [0.5, 0.6) is 0 Å². The monoisotopic (exact) mass is 776 g/mol. The van der Waals surface area contributed by atoms with Crippen molar-refractivity contribution in [3.8, 4) is 22.8 Å². The van der Waals surface area contributed by atoms with E-state index >= 15 is 0 Å². The normalized spacial score (nSPS) is 12.3. The molecule has 0 aliphatic carbocycles. The zero-order valence-corrected chi connectivity index (χ0v) is 32.7. The van der Waals surface area contributed by atoms with Crippen molar-refractivity contribution in [2.75, 3.05) is 0 Å². The molecule has 0 amide bonds. The molecule has 282 valence electrons. The standard InChI is InChI=1S/C56H32N4O/c1-2-15-35(16-3-1)59-46-24-12-10-21-40(46)41-28-27-34(32-48(41)59)52-55(57-53-44-23-11-13-25-49(44)61-56(53)58-52)60-47-31-30-43-39-20-7-6-18-37(39)38-19-8-9-22-42(38)50(43)51(47)45-29-26-33-14-4-5-17-36(33)54(45)60/h1-32H. The molecule has 0 radical (unpaired) electrons. The van der Waals surface area contributed by atoms with Gasteiger partial charge in [-0.25, -0.2) is 9.97 Å². The van der Waals surface area contributed by atoms with E-state index < -0.39 is 0 Å². The van der Waals surface area contributed by atoms with Crippen LogP contribution in [0.2, 0.25) is 0 Å². The lowest BCUT2D eigenvalue weighted by Gasteiger charge is -2.15. The zero-order valence-electron chi connectivity index (χ0n) is 32.7. The highest BCUT2D eigenvalue weighted by Gasteiger charge is 2.26. The Kier molecular flexibility index (Phi) is 6.49. The van der Waals surface area contributed by atoms with E-state index in [0.29, 0.717) is 5.71 Å². The molecule has 0 aliphatic heterocycles. The summed E-state index contributed by atoms with van der Waals surface area (Å²) in [4.78, 5) is 11.2. The van der Waals surface area contributed by atoms with E-state index in [4.69, 9.17) is 14.4 Å². The van der Waals surface area contributed by atoms with Crippen LogP contribution in [-0.2, 0) is 0 Å². The van der Waals surface area contributed by atoms with Gasteiger partial charge in [0.05, 0.1) is 22.1 Å². The summed E-state index contributed by atoms with van der Waals surface area (Å²) in [5.74, 6) is 0.751. The van der Waals surface area contributed by atoms with Crippen molar-refractivity contribution in [2.24, 2.45) is 0 Å². The molecule has 10 aromatic carbocycles. The second-order valence-electron chi connectivity index (χ2n) is 16.1. The minimum atomic E-state index is 0.511. The topological polar surface area (TPSA) is 48.8 Å². The SMILES string of the molecule is c1ccc(-n2c3ccccc3c3ccc(-c4nc5oc6ccccc6c5nc4-n4c5ccc6c7ccccc7c7ccccc7c6c5c5ccc6ccccc6c54)cc32)cc1. The van der Waals surface area contributed by atoms with Crippen molar-refractivity contribution in [3.05, 3.63) is 194 Å². The van der Waals surface area contributed by atoms with E-state index in [9.17, 15) is 0 Å². The van der Waals surface area contributed by atoms with Crippen LogP contribution in [0.25, 0.3) is 132 Å². The third-order valence-electron chi connectivity index (χ3n) is 12.9. The molecule has 0 spiro atoms. The van der Waals surface area contributed by atoms with Crippen molar-refractivity contribution in [1.82, 2.24) is 19.1 Å². The van der Waals surface area contributed by atoms with Crippen LogP contribution in [0.15, 0.2) is 199 Å². The van der Waals surface area contributed by atoms with Gasteiger partial charge in [0.15, 0.2) is 5.82 Å². The molecule has 5 nitrogen and oxygen atoms in total. The van der Waals surface area contributed by atoms with Crippen LogP contribution >= 0.6 is 0 Å². The highest BCUT2D eigenvalue weighted by Crippen LogP contribution is 2.46. The average molecular weight is 777 g/mol. The Morgan fingerprint density at radius 1 is 0.377 bits per heavy atom. The maximum absolute atomic E-state index is 6.52. The molecule has 0 fully saturated rings. The maximum Gasteiger partial charge on any atom is 0.247 e. The summed E-state index contributed by atoms with van der Waals surface area (Å²) in [6.07, 6.45) is 0. The fourth-order valence-corrected chi connectivity index (χ4v) is 10.3. The molecule has 0 saturated heterocycles. The van der Waals surface area contributed by atoms with Gasteiger partial charge in [-0.05, 0) is 74.8 Å². The Bertz CT molecular complexity index is 4140. The number of furan rings is 1. The second-order valence-corrected chi connectivity index (χ2v) is 16.1. The summed E-state index contributed by atoms with van der Waals surface area (Å²) in [6, 6.07) is 69.6. The van der Waals surface area contributed by atoms with E-state index in [-0.39, 0.29) is 0 Å². The Hall–Kier alpha value is -8.28. The molecular weight excluding hydrogens is 745 g/mol. The van der Waals surface area contributed by atoms with Crippen molar-refractivity contribution >= 4 is 109 Å². The summed E-state index contributed by atoms with van der Waals surface area (Å²) < 4.78 is 11.3. The summed E-state index contributed by atoms with van der Waals surface area (Å²) in [6.45, 7) is 0. The number of para-hydroxylation sites is 3. The largest absolute Gasteiger partial charge is 0.436 e. The molecule has 0 N–H and O–H groups in total. The third kappa shape index (κ3) is 4.44. The van der Waals surface area contributed by atoms with Gasteiger partial charge in [-0.3, -0.25) is 4.57 Å².